The molecule has 10 heteroatoms. The molecule has 0 heterocycles. The second-order valence-electron chi connectivity index (χ2n) is 7.77. The second-order valence-corrected chi connectivity index (χ2v) is 9.34. The number of carbonyl (C=O) groups excluding carboxylic acids is 1. The summed E-state index contributed by atoms with van der Waals surface area (Å²) in [5, 5.41) is 11.9. The quantitative estimate of drug-likeness (QED) is 0.615. The van der Waals surface area contributed by atoms with Crippen molar-refractivity contribution in [1.82, 2.24) is 5.32 Å². The maximum atomic E-state index is 14.5. The number of nitrogens with one attached hydrogen (secondary N) is 1. The molecular weight excluding hydrogens is 429 g/mol. The number of carbonyl (C=O) groups is 2. The summed E-state index contributed by atoms with van der Waals surface area (Å²) in [5.41, 5.74) is -0.429. The number of carboxylic acid groups (broad SMARTS) is 1. The number of alkyl carbamates (subject to hydrolysis) is 1. The minimum atomic E-state index is -4.55. The molecule has 1 amide bonds. The first kappa shape index (κ1) is 24.3. The van der Waals surface area contributed by atoms with E-state index >= 15 is 0 Å². The van der Waals surface area contributed by atoms with Crippen LogP contribution in [0.3, 0.4) is 0 Å². The highest BCUT2D eigenvalue weighted by Gasteiger charge is 2.38. The van der Waals surface area contributed by atoms with Gasteiger partial charge in [-0.25, -0.2) is 18.2 Å². The molecule has 0 unspecified atom stereocenters. The lowest BCUT2D eigenvalue weighted by Crippen LogP contribution is -2.45. The van der Waals surface area contributed by atoms with Gasteiger partial charge in [0.25, 0.3) is 10.1 Å². The molecule has 0 aliphatic heterocycles. The van der Waals surface area contributed by atoms with Crippen LogP contribution in [-0.2, 0) is 23.8 Å². The molecule has 0 fully saturated rings. The van der Waals surface area contributed by atoms with Crippen LogP contribution in [0.2, 0.25) is 0 Å². The summed E-state index contributed by atoms with van der Waals surface area (Å²) >= 11 is 0. The Morgan fingerprint density at radius 2 is 1.65 bits per heavy atom. The van der Waals surface area contributed by atoms with Gasteiger partial charge in [0.15, 0.2) is 6.10 Å². The third-order valence-corrected chi connectivity index (χ3v) is 5.31. The molecular formula is C21H24FNO7S. The Balaban J connectivity index is 2.46. The fraction of sp³-hybridized carbons (Fsp3) is 0.333. The van der Waals surface area contributed by atoms with Crippen molar-refractivity contribution in [2.24, 2.45) is 0 Å². The number of aliphatic carboxylic acids is 1. The Kier molecular flexibility index (Phi) is 7.40. The number of ether oxygens (including phenoxy) is 1. The van der Waals surface area contributed by atoms with E-state index in [2.05, 4.69) is 5.32 Å². The van der Waals surface area contributed by atoms with E-state index in [1.165, 1.54) is 42.5 Å². The van der Waals surface area contributed by atoms with Crippen LogP contribution in [0.25, 0.3) is 0 Å². The third kappa shape index (κ3) is 6.76. The maximum Gasteiger partial charge on any atom is 0.408 e. The van der Waals surface area contributed by atoms with Crippen molar-refractivity contribution in [1.29, 1.82) is 0 Å². The van der Waals surface area contributed by atoms with Gasteiger partial charge in [-0.1, -0.05) is 35.9 Å². The van der Waals surface area contributed by atoms with E-state index in [1.807, 2.05) is 0 Å². The predicted molar refractivity (Wildman–Crippen MR) is 109 cm³/mol. The minimum Gasteiger partial charge on any atom is -0.479 e. The van der Waals surface area contributed by atoms with Crippen molar-refractivity contribution in [3.05, 3.63) is 65.5 Å². The molecule has 0 spiro atoms. The van der Waals surface area contributed by atoms with Crippen LogP contribution in [-0.4, -0.2) is 37.3 Å². The van der Waals surface area contributed by atoms with E-state index in [1.54, 1.807) is 27.7 Å². The predicted octanol–water partition coefficient (Wildman–Crippen LogP) is 3.56. The summed E-state index contributed by atoms with van der Waals surface area (Å²) in [6.45, 7) is 6.49. The molecule has 2 N–H and O–H groups in total. The molecule has 0 radical (unpaired) electrons. The lowest BCUT2D eigenvalue weighted by Gasteiger charge is -2.27. The molecule has 8 nitrogen and oxygen atoms in total. The van der Waals surface area contributed by atoms with Crippen LogP contribution >= 0.6 is 0 Å². The first-order valence-electron chi connectivity index (χ1n) is 9.27. The molecule has 2 aromatic carbocycles. The number of hydrogen-bond acceptors (Lipinski definition) is 6. The van der Waals surface area contributed by atoms with Gasteiger partial charge in [0.05, 0.1) is 10.9 Å². The van der Waals surface area contributed by atoms with Crippen LogP contribution in [0, 0.1) is 12.7 Å². The van der Waals surface area contributed by atoms with Gasteiger partial charge < -0.3 is 15.2 Å². The van der Waals surface area contributed by atoms with Crippen LogP contribution in [0.4, 0.5) is 9.18 Å². The highest BCUT2D eigenvalue weighted by atomic mass is 32.2. The zero-order valence-electron chi connectivity index (χ0n) is 17.5. The summed E-state index contributed by atoms with van der Waals surface area (Å²) in [6.07, 6.45) is -3.24. The topological polar surface area (TPSA) is 119 Å². The monoisotopic (exact) mass is 453 g/mol. The van der Waals surface area contributed by atoms with Crippen LogP contribution < -0.4 is 5.32 Å². The van der Waals surface area contributed by atoms with Gasteiger partial charge in [0, 0.05) is 5.56 Å². The van der Waals surface area contributed by atoms with Crippen LogP contribution in [0.5, 0.6) is 0 Å². The molecule has 2 rings (SSSR count). The Labute approximate surface area is 180 Å². The van der Waals surface area contributed by atoms with Gasteiger partial charge in [-0.3, -0.25) is 0 Å². The Morgan fingerprint density at radius 3 is 2.16 bits per heavy atom. The number of hydrogen-bond donors (Lipinski definition) is 2. The van der Waals surface area contributed by atoms with Gasteiger partial charge >= 0.3 is 12.1 Å². The lowest BCUT2D eigenvalue weighted by molar-refractivity contribution is -0.146. The number of rotatable bonds is 7. The fourth-order valence-electron chi connectivity index (χ4n) is 2.61. The second kappa shape index (κ2) is 9.44. The van der Waals surface area contributed by atoms with Crippen molar-refractivity contribution in [2.45, 2.75) is 50.3 Å². The molecule has 0 saturated heterocycles. The van der Waals surface area contributed by atoms with E-state index < -0.39 is 45.7 Å². The maximum absolute atomic E-state index is 14.5. The molecule has 31 heavy (non-hydrogen) atoms. The van der Waals surface area contributed by atoms with E-state index in [0.29, 0.717) is 0 Å². The molecule has 2 atom stereocenters. The average Bonchev–Trinajstić information content (AvgIpc) is 2.64. The molecule has 0 aliphatic carbocycles. The first-order chi connectivity index (χ1) is 14.3. The van der Waals surface area contributed by atoms with Crippen molar-refractivity contribution >= 4 is 22.2 Å². The SMILES string of the molecule is Cc1ccc(S(=O)(=O)O[C@@H](C(=O)O)[C@@H](NC(=O)OC(C)(C)C)c2ccccc2F)cc1. The number of halogens is 1. The van der Waals surface area contributed by atoms with Crippen molar-refractivity contribution in [3.63, 3.8) is 0 Å². The Bertz CT molecular complexity index is 1050. The van der Waals surface area contributed by atoms with Crippen molar-refractivity contribution in [2.75, 3.05) is 0 Å². The third-order valence-electron chi connectivity index (χ3n) is 4.00. The Hall–Kier alpha value is -2.98. The van der Waals surface area contributed by atoms with Crippen LogP contribution in [0.1, 0.15) is 37.9 Å². The fourth-order valence-corrected chi connectivity index (χ4v) is 3.66. The van der Waals surface area contributed by atoms with E-state index in [4.69, 9.17) is 8.92 Å². The molecule has 0 saturated carbocycles. The zero-order valence-corrected chi connectivity index (χ0v) is 18.3. The van der Waals surface area contributed by atoms with Crippen molar-refractivity contribution in [3.8, 4) is 0 Å². The number of carboxylic acids is 1. The summed E-state index contributed by atoms with van der Waals surface area (Å²) < 4.78 is 49.9. The zero-order chi connectivity index (χ0) is 23.4. The van der Waals surface area contributed by atoms with Gasteiger partial charge in [-0.15, -0.1) is 0 Å². The smallest absolute Gasteiger partial charge is 0.408 e. The summed E-state index contributed by atoms with van der Waals surface area (Å²) in [6, 6.07) is 8.87. The number of aryl methyl sites for hydroxylation is 1. The molecule has 2 aromatic rings. The first-order valence-corrected chi connectivity index (χ1v) is 10.7. The molecule has 0 aromatic heterocycles. The minimum absolute atomic E-state index is 0.278. The number of benzene rings is 2. The lowest BCUT2D eigenvalue weighted by atomic mass is 10.0. The summed E-state index contributed by atoms with van der Waals surface area (Å²) in [7, 11) is -4.55. The normalized spacial score (nSPS) is 13.8. The molecule has 168 valence electrons. The van der Waals surface area contributed by atoms with Crippen molar-refractivity contribution < 1.29 is 36.4 Å². The Morgan fingerprint density at radius 1 is 1.06 bits per heavy atom. The van der Waals surface area contributed by atoms with Gasteiger partial charge in [-0.05, 0) is 45.9 Å². The van der Waals surface area contributed by atoms with E-state index in [0.717, 1.165) is 11.6 Å². The average molecular weight is 453 g/mol. The standard InChI is InChI=1S/C21H24FNO7S/c1-13-9-11-14(12-10-13)31(27,28)30-18(19(24)25)17(15-7-5-6-8-16(15)22)23-20(26)29-21(2,3)4/h5-12,17-18H,1-4H3,(H,23,26)(H,24,25)/t17-,18+/m0/s1. The summed E-state index contributed by atoms with van der Waals surface area (Å²) in [5.74, 6) is -2.58. The van der Waals surface area contributed by atoms with E-state index in [-0.39, 0.29) is 10.5 Å². The van der Waals surface area contributed by atoms with Crippen LogP contribution in [0.15, 0.2) is 53.4 Å². The molecule has 0 bridgehead atoms. The number of amides is 1. The van der Waals surface area contributed by atoms with Gasteiger partial charge in [0.1, 0.15) is 11.4 Å². The highest BCUT2D eigenvalue weighted by Crippen LogP contribution is 2.27. The van der Waals surface area contributed by atoms with Gasteiger partial charge in [-0.2, -0.15) is 8.42 Å². The highest BCUT2D eigenvalue weighted by molar-refractivity contribution is 7.86. The van der Waals surface area contributed by atoms with E-state index in [9.17, 15) is 27.5 Å². The van der Waals surface area contributed by atoms with Gasteiger partial charge in [0.2, 0.25) is 0 Å². The molecule has 0 aliphatic rings. The largest absolute Gasteiger partial charge is 0.479 e. The summed E-state index contributed by atoms with van der Waals surface area (Å²) in [4.78, 5) is 24.0.